The van der Waals surface area contributed by atoms with Crippen LogP contribution in [0.1, 0.15) is 29.6 Å². The molecule has 0 saturated heterocycles. The lowest BCUT2D eigenvalue weighted by molar-refractivity contribution is 0.103. The van der Waals surface area contributed by atoms with E-state index < -0.39 is 0 Å². The molecule has 0 aliphatic carbocycles. The summed E-state index contributed by atoms with van der Waals surface area (Å²) in [5.74, 6) is 1.10. The molecule has 6 heteroatoms. The Balaban J connectivity index is 1.83. The van der Waals surface area contributed by atoms with Crippen molar-refractivity contribution in [1.29, 1.82) is 0 Å². The predicted molar refractivity (Wildman–Crippen MR) is 97.7 cm³/mol. The van der Waals surface area contributed by atoms with E-state index in [2.05, 4.69) is 36.1 Å². The number of methoxy groups -OCH3 is 2. The Labute approximate surface area is 144 Å². The molecule has 126 valence electrons. The lowest BCUT2D eigenvalue weighted by atomic mass is 10.2. The first-order chi connectivity index (χ1) is 11.5. The zero-order chi connectivity index (χ0) is 17.3. The largest absolute Gasteiger partial charge is 0.497 e. The highest BCUT2D eigenvalue weighted by Crippen LogP contribution is 2.32. The van der Waals surface area contributed by atoms with Crippen molar-refractivity contribution in [3.05, 3.63) is 41.5 Å². The maximum Gasteiger partial charge on any atom is 0.265 e. The highest BCUT2D eigenvalue weighted by molar-refractivity contribution is 7.20. The Morgan fingerprint density at radius 2 is 1.96 bits per heavy atom. The van der Waals surface area contributed by atoms with E-state index in [1.165, 1.54) is 11.3 Å². The van der Waals surface area contributed by atoms with Crippen LogP contribution in [0.25, 0.3) is 10.1 Å². The van der Waals surface area contributed by atoms with Gasteiger partial charge in [0, 0.05) is 29.9 Å². The summed E-state index contributed by atoms with van der Waals surface area (Å²) in [6.45, 7) is 4.26. The quantitative estimate of drug-likeness (QED) is 0.738. The molecule has 5 nitrogen and oxygen atoms in total. The Bertz CT molecular complexity index is 848. The molecule has 0 saturated carbocycles. The molecule has 3 aromatic rings. The molecule has 0 spiro atoms. The van der Waals surface area contributed by atoms with Gasteiger partial charge in [-0.1, -0.05) is 0 Å². The number of fused-ring (bicyclic) bond motifs is 1. The molecule has 1 amide bonds. The summed E-state index contributed by atoms with van der Waals surface area (Å²) in [5, 5.41) is 3.99. The monoisotopic (exact) mass is 344 g/mol. The summed E-state index contributed by atoms with van der Waals surface area (Å²) in [7, 11) is 3.15. The molecule has 0 bridgehead atoms. The number of ether oxygens (including phenoxy) is 2. The van der Waals surface area contributed by atoms with Crippen molar-refractivity contribution in [3.8, 4) is 11.5 Å². The van der Waals surface area contributed by atoms with Crippen LogP contribution in [0.3, 0.4) is 0 Å². The van der Waals surface area contributed by atoms with Gasteiger partial charge in [0.25, 0.3) is 5.91 Å². The van der Waals surface area contributed by atoms with Crippen molar-refractivity contribution >= 4 is 33.0 Å². The van der Waals surface area contributed by atoms with E-state index in [-0.39, 0.29) is 5.91 Å². The van der Waals surface area contributed by atoms with E-state index in [0.29, 0.717) is 28.1 Å². The number of carbonyl (C=O) groups is 1. The van der Waals surface area contributed by atoms with Crippen LogP contribution in [0, 0.1) is 0 Å². The second-order valence-electron chi connectivity index (χ2n) is 5.75. The molecule has 0 radical (unpaired) electrons. The lowest BCUT2D eigenvalue weighted by Crippen LogP contribution is -2.11. The van der Waals surface area contributed by atoms with E-state index in [4.69, 9.17) is 9.47 Å². The normalized spacial score (nSPS) is 11.0. The fourth-order valence-corrected chi connectivity index (χ4v) is 3.42. The molecule has 0 atom stereocenters. The number of amides is 1. The van der Waals surface area contributed by atoms with E-state index in [1.54, 1.807) is 32.4 Å². The number of thiophene rings is 1. The highest BCUT2D eigenvalue weighted by atomic mass is 32.1. The third-order valence-electron chi connectivity index (χ3n) is 3.82. The van der Waals surface area contributed by atoms with Crippen molar-refractivity contribution in [3.63, 3.8) is 0 Å². The number of carbonyl (C=O) groups excluding carboxylic acids is 1. The minimum Gasteiger partial charge on any atom is -0.497 e. The average molecular weight is 344 g/mol. The van der Waals surface area contributed by atoms with Gasteiger partial charge in [0.05, 0.1) is 29.5 Å². The third kappa shape index (κ3) is 3.10. The van der Waals surface area contributed by atoms with Crippen LogP contribution in [0.5, 0.6) is 11.5 Å². The first kappa shape index (κ1) is 16.4. The lowest BCUT2D eigenvalue weighted by Gasteiger charge is -2.11. The van der Waals surface area contributed by atoms with Crippen LogP contribution in [0.4, 0.5) is 5.69 Å². The van der Waals surface area contributed by atoms with Gasteiger partial charge in [0.1, 0.15) is 11.5 Å². The Kier molecular flexibility index (Phi) is 4.49. The first-order valence-corrected chi connectivity index (χ1v) is 8.48. The Hall–Kier alpha value is -2.47. The van der Waals surface area contributed by atoms with Crippen molar-refractivity contribution in [2.75, 3.05) is 19.5 Å². The summed E-state index contributed by atoms with van der Waals surface area (Å²) in [4.78, 5) is 13.2. The molecular weight excluding hydrogens is 324 g/mol. The summed E-state index contributed by atoms with van der Waals surface area (Å²) in [6, 6.07) is 7.63. The van der Waals surface area contributed by atoms with Gasteiger partial charge in [0.15, 0.2) is 0 Å². The molecule has 0 fully saturated rings. The standard InChI is InChI=1S/C18H20N2O3S/c1-11(2)20-9-12-7-16(24-17(12)10-20)18(21)19-14-6-5-13(22-3)8-15(14)23-4/h5-11H,1-4H3,(H,19,21). The van der Waals surface area contributed by atoms with Gasteiger partial charge in [-0.2, -0.15) is 0 Å². The van der Waals surface area contributed by atoms with Gasteiger partial charge in [-0.25, -0.2) is 0 Å². The maximum absolute atomic E-state index is 12.5. The minimum atomic E-state index is -0.143. The smallest absolute Gasteiger partial charge is 0.265 e. The van der Waals surface area contributed by atoms with Crippen LogP contribution in [0.15, 0.2) is 36.7 Å². The third-order valence-corrected chi connectivity index (χ3v) is 4.91. The van der Waals surface area contributed by atoms with Crippen LogP contribution in [-0.4, -0.2) is 24.7 Å². The molecule has 24 heavy (non-hydrogen) atoms. The summed E-state index contributed by atoms with van der Waals surface area (Å²) in [5.41, 5.74) is 0.619. The summed E-state index contributed by atoms with van der Waals surface area (Å²) in [6.07, 6.45) is 4.15. The van der Waals surface area contributed by atoms with Crippen LogP contribution in [0.2, 0.25) is 0 Å². The first-order valence-electron chi connectivity index (χ1n) is 7.66. The second kappa shape index (κ2) is 6.57. The van der Waals surface area contributed by atoms with Crippen LogP contribution in [-0.2, 0) is 0 Å². The van der Waals surface area contributed by atoms with Crippen molar-refractivity contribution < 1.29 is 14.3 Å². The van der Waals surface area contributed by atoms with Crippen LogP contribution < -0.4 is 14.8 Å². The van der Waals surface area contributed by atoms with E-state index >= 15 is 0 Å². The van der Waals surface area contributed by atoms with Gasteiger partial charge >= 0.3 is 0 Å². The van der Waals surface area contributed by atoms with Gasteiger partial charge in [-0.3, -0.25) is 4.79 Å². The number of benzene rings is 1. The van der Waals surface area contributed by atoms with Gasteiger partial charge < -0.3 is 19.4 Å². The fraction of sp³-hybridized carbons (Fsp3) is 0.278. The molecule has 0 aliphatic rings. The maximum atomic E-state index is 12.5. The zero-order valence-electron chi connectivity index (χ0n) is 14.1. The number of anilines is 1. The molecule has 2 heterocycles. The predicted octanol–water partition coefficient (Wildman–Crippen LogP) is 4.55. The summed E-state index contributed by atoms with van der Waals surface area (Å²) < 4.78 is 13.7. The number of hydrogen-bond donors (Lipinski definition) is 1. The average Bonchev–Trinajstić information content (AvgIpc) is 3.14. The molecule has 2 aromatic heterocycles. The number of aromatic nitrogens is 1. The van der Waals surface area contributed by atoms with Crippen molar-refractivity contribution in [2.24, 2.45) is 0 Å². The molecular formula is C18H20N2O3S. The number of rotatable bonds is 5. The SMILES string of the molecule is COc1ccc(NC(=O)c2cc3cn(C(C)C)cc3s2)c(OC)c1. The molecule has 0 unspecified atom stereocenters. The van der Waals surface area contributed by atoms with Crippen LogP contribution >= 0.6 is 11.3 Å². The fourth-order valence-electron chi connectivity index (χ4n) is 2.45. The number of hydrogen-bond acceptors (Lipinski definition) is 4. The Morgan fingerprint density at radius 3 is 2.58 bits per heavy atom. The molecule has 3 rings (SSSR count). The van der Waals surface area contributed by atoms with E-state index in [0.717, 1.165) is 10.1 Å². The highest BCUT2D eigenvalue weighted by Gasteiger charge is 2.15. The van der Waals surface area contributed by atoms with E-state index in [1.807, 2.05) is 6.07 Å². The second-order valence-corrected chi connectivity index (χ2v) is 6.83. The minimum absolute atomic E-state index is 0.143. The van der Waals surface area contributed by atoms with E-state index in [9.17, 15) is 4.79 Å². The topological polar surface area (TPSA) is 52.5 Å². The number of nitrogens with one attached hydrogen (secondary N) is 1. The Morgan fingerprint density at radius 1 is 1.17 bits per heavy atom. The number of nitrogens with zero attached hydrogens (tertiary/aromatic N) is 1. The molecule has 1 aromatic carbocycles. The van der Waals surface area contributed by atoms with Gasteiger partial charge in [-0.15, -0.1) is 11.3 Å². The summed E-state index contributed by atoms with van der Waals surface area (Å²) >= 11 is 1.49. The molecule has 1 N–H and O–H groups in total. The van der Waals surface area contributed by atoms with Gasteiger partial charge in [-0.05, 0) is 32.0 Å². The zero-order valence-corrected chi connectivity index (χ0v) is 14.9. The molecule has 0 aliphatic heterocycles. The van der Waals surface area contributed by atoms with Crippen molar-refractivity contribution in [1.82, 2.24) is 4.57 Å². The van der Waals surface area contributed by atoms with Crippen molar-refractivity contribution in [2.45, 2.75) is 19.9 Å². The van der Waals surface area contributed by atoms with Gasteiger partial charge in [0.2, 0.25) is 0 Å².